The fourth-order valence-corrected chi connectivity index (χ4v) is 3.96. The molecular formula is C27H26ClN3O4. The molecule has 0 saturated heterocycles. The Morgan fingerprint density at radius 1 is 0.971 bits per heavy atom. The topological polar surface area (TPSA) is 77.7 Å². The van der Waals surface area contributed by atoms with E-state index in [-0.39, 0.29) is 5.91 Å². The van der Waals surface area contributed by atoms with E-state index in [2.05, 4.69) is 10.1 Å². The van der Waals surface area contributed by atoms with Crippen molar-refractivity contribution in [3.63, 3.8) is 0 Å². The van der Waals surface area contributed by atoms with Crippen LogP contribution in [-0.4, -0.2) is 41.7 Å². The highest BCUT2D eigenvalue weighted by Gasteiger charge is 2.25. The third-order valence-corrected chi connectivity index (χ3v) is 5.98. The van der Waals surface area contributed by atoms with Crippen molar-refractivity contribution in [1.29, 1.82) is 0 Å². The van der Waals surface area contributed by atoms with Crippen LogP contribution in [0, 0.1) is 0 Å². The van der Waals surface area contributed by atoms with Crippen molar-refractivity contribution < 1.29 is 18.8 Å². The maximum absolute atomic E-state index is 13.3. The third kappa shape index (κ3) is 6.00. The Morgan fingerprint density at radius 2 is 1.66 bits per heavy atom. The molecule has 1 heterocycles. The van der Waals surface area contributed by atoms with Crippen LogP contribution >= 0.6 is 11.6 Å². The molecule has 7 nitrogen and oxygen atoms in total. The summed E-state index contributed by atoms with van der Waals surface area (Å²) in [6.45, 7) is 0.795. The largest absolute Gasteiger partial charge is 0.493 e. The summed E-state index contributed by atoms with van der Waals surface area (Å²) in [5.41, 5.74) is 2.50. The van der Waals surface area contributed by atoms with Crippen LogP contribution in [0.1, 0.15) is 22.4 Å². The van der Waals surface area contributed by atoms with E-state index < -0.39 is 5.38 Å². The van der Waals surface area contributed by atoms with Crippen molar-refractivity contribution in [3.05, 3.63) is 95.9 Å². The number of alkyl halides is 1. The Morgan fingerprint density at radius 3 is 2.34 bits per heavy atom. The summed E-state index contributed by atoms with van der Waals surface area (Å²) in [5, 5.41) is 3.31. The molecule has 1 amide bonds. The lowest BCUT2D eigenvalue weighted by molar-refractivity contribution is -0.131. The van der Waals surface area contributed by atoms with Crippen LogP contribution in [0.15, 0.2) is 83.4 Å². The van der Waals surface area contributed by atoms with Gasteiger partial charge in [0.05, 0.1) is 14.2 Å². The molecule has 0 aliphatic rings. The van der Waals surface area contributed by atoms with Gasteiger partial charge in [0.15, 0.2) is 11.5 Å². The molecule has 1 aromatic heterocycles. The molecule has 180 valence electrons. The lowest BCUT2D eigenvalue weighted by Crippen LogP contribution is -2.35. The Hall–Kier alpha value is -3.84. The number of halogens is 1. The van der Waals surface area contributed by atoms with Gasteiger partial charge in [0.1, 0.15) is 5.38 Å². The van der Waals surface area contributed by atoms with Gasteiger partial charge >= 0.3 is 0 Å². The SMILES string of the molecule is COc1ccc(-c2noc(CCN(Cc3ccccc3)C(=O)C(Cl)c3ccccc3)n2)cc1OC. The zero-order valence-corrected chi connectivity index (χ0v) is 20.3. The van der Waals surface area contributed by atoms with E-state index in [9.17, 15) is 4.79 Å². The van der Waals surface area contributed by atoms with E-state index in [0.717, 1.165) is 16.7 Å². The predicted molar refractivity (Wildman–Crippen MR) is 133 cm³/mol. The molecule has 35 heavy (non-hydrogen) atoms. The van der Waals surface area contributed by atoms with Crippen LogP contribution in [0.3, 0.4) is 0 Å². The van der Waals surface area contributed by atoms with E-state index in [1.807, 2.05) is 66.7 Å². The average Bonchev–Trinajstić information content (AvgIpc) is 3.40. The smallest absolute Gasteiger partial charge is 0.245 e. The highest BCUT2D eigenvalue weighted by molar-refractivity contribution is 6.30. The van der Waals surface area contributed by atoms with Gasteiger partial charge in [0, 0.05) is 25.1 Å². The van der Waals surface area contributed by atoms with Gasteiger partial charge in [-0.05, 0) is 29.3 Å². The van der Waals surface area contributed by atoms with Crippen molar-refractivity contribution in [1.82, 2.24) is 15.0 Å². The maximum atomic E-state index is 13.3. The Kier molecular flexibility index (Phi) is 8.00. The van der Waals surface area contributed by atoms with Crippen LogP contribution in [-0.2, 0) is 17.8 Å². The second-order valence-electron chi connectivity index (χ2n) is 7.85. The lowest BCUT2D eigenvalue weighted by atomic mass is 10.1. The lowest BCUT2D eigenvalue weighted by Gasteiger charge is -2.25. The van der Waals surface area contributed by atoms with Crippen LogP contribution in [0.5, 0.6) is 11.5 Å². The van der Waals surface area contributed by atoms with Gasteiger partial charge < -0.3 is 18.9 Å². The van der Waals surface area contributed by atoms with Crippen LogP contribution < -0.4 is 9.47 Å². The Labute approximate surface area is 209 Å². The molecule has 0 fully saturated rings. The van der Waals surface area contributed by atoms with Gasteiger partial charge in [-0.2, -0.15) is 4.98 Å². The van der Waals surface area contributed by atoms with E-state index in [1.54, 1.807) is 31.3 Å². The first-order chi connectivity index (χ1) is 17.1. The first kappa shape index (κ1) is 24.3. The maximum Gasteiger partial charge on any atom is 0.245 e. The second kappa shape index (κ2) is 11.5. The molecule has 0 bridgehead atoms. The Bertz CT molecular complexity index is 1250. The summed E-state index contributed by atoms with van der Waals surface area (Å²) >= 11 is 6.57. The minimum atomic E-state index is -0.787. The quantitative estimate of drug-likeness (QED) is 0.280. The molecule has 0 aliphatic carbocycles. The van der Waals surface area contributed by atoms with Gasteiger partial charge in [-0.25, -0.2) is 0 Å². The van der Waals surface area contributed by atoms with E-state index in [1.165, 1.54) is 0 Å². The highest BCUT2D eigenvalue weighted by atomic mass is 35.5. The van der Waals surface area contributed by atoms with Crippen LogP contribution in [0.2, 0.25) is 0 Å². The number of amides is 1. The molecule has 1 atom stereocenters. The van der Waals surface area contributed by atoms with Gasteiger partial charge in [-0.3, -0.25) is 4.79 Å². The number of carbonyl (C=O) groups is 1. The Balaban J connectivity index is 1.50. The number of hydrogen-bond acceptors (Lipinski definition) is 6. The van der Waals surface area contributed by atoms with E-state index in [0.29, 0.717) is 42.7 Å². The molecule has 0 spiro atoms. The third-order valence-electron chi connectivity index (χ3n) is 5.54. The van der Waals surface area contributed by atoms with E-state index >= 15 is 0 Å². The van der Waals surface area contributed by atoms with Crippen molar-refractivity contribution in [2.75, 3.05) is 20.8 Å². The first-order valence-electron chi connectivity index (χ1n) is 11.2. The minimum absolute atomic E-state index is 0.179. The van der Waals surface area contributed by atoms with Crippen molar-refractivity contribution >= 4 is 17.5 Å². The number of benzene rings is 3. The number of rotatable bonds is 10. The van der Waals surface area contributed by atoms with E-state index in [4.69, 9.17) is 25.6 Å². The summed E-state index contributed by atoms with van der Waals surface area (Å²) in [6, 6.07) is 24.5. The molecular weight excluding hydrogens is 466 g/mol. The van der Waals surface area contributed by atoms with Gasteiger partial charge in [-0.1, -0.05) is 65.8 Å². The van der Waals surface area contributed by atoms with Crippen molar-refractivity contribution in [2.45, 2.75) is 18.3 Å². The summed E-state index contributed by atoms with van der Waals surface area (Å²) in [4.78, 5) is 19.6. The number of aromatic nitrogens is 2. The van der Waals surface area contributed by atoms with Crippen LogP contribution in [0.25, 0.3) is 11.4 Å². The number of methoxy groups -OCH3 is 2. The zero-order chi connectivity index (χ0) is 24.6. The fourth-order valence-electron chi connectivity index (χ4n) is 3.68. The summed E-state index contributed by atoms with van der Waals surface area (Å²) in [6.07, 6.45) is 0.386. The molecule has 3 aromatic carbocycles. The molecule has 0 aliphatic heterocycles. The normalized spacial score (nSPS) is 11.6. The van der Waals surface area contributed by atoms with Crippen LogP contribution in [0.4, 0.5) is 0 Å². The number of carbonyl (C=O) groups excluding carboxylic acids is 1. The number of nitrogens with zero attached hydrogens (tertiary/aromatic N) is 3. The minimum Gasteiger partial charge on any atom is -0.493 e. The van der Waals surface area contributed by atoms with Gasteiger partial charge in [0.25, 0.3) is 0 Å². The monoisotopic (exact) mass is 491 g/mol. The molecule has 0 saturated carbocycles. The number of ether oxygens (including phenoxy) is 2. The van der Waals surface area contributed by atoms with Gasteiger partial charge in [-0.15, -0.1) is 11.6 Å². The molecule has 0 radical (unpaired) electrons. The predicted octanol–water partition coefficient (Wildman–Crippen LogP) is 5.31. The molecule has 4 aromatic rings. The standard InChI is InChI=1S/C27H26ClN3O4/c1-33-22-14-13-21(17-23(22)34-2)26-29-24(35-30-26)15-16-31(18-19-9-5-3-6-10-19)27(32)25(28)20-11-7-4-8-12-20/h3-14,17,25H,15-16,18H2,1-2H3. The first-order valence-corrected chi connectivity index (χ1v) is 11.6. The van der Waals surface area contributed by atoms with Gasteiger partial charge in [0.2, 0.25) is 17.6 Å². The summed E-state index contributed by atoms with van der Waals surface area (Å²) < 4.78 is 16.1. The number of hydrogen-bond donors (Lipinski definition) is 0. The van der Waals surface area contributed by atoms with Crippen molar-refractivity contribution in [3.8, 4) is 22.9 Å². The van der Waals surface area contributed by atoms with Crippen molar-refractivity contribution in [2.24, 2.45) is 0 Å². The average molecular weight is 492 g/mol. The fraction of sp³-hybridized carbons (Fsp3) is 0.222. The summed E-state index contributed by atoms with van der Waals surface area (Å²) in [5.74, 6) is 1.86. The molecule has 8 heteroatoms. The summed E-state index contributed by atoms with van der Waals surface area (Å²) in [7, 11) is 3.15. The highest BCUT2D eigenvalue weighted by Crippen LogP contribution is 2.31. The zero-order valence-electron chi connectivity index (χ0n) is 19.6. The molecule has 0 N–H and O–H groups in total. The second-order valence-corrected chi connectivity index (χ2v) is 8.29. The molecule has 1 unspecified atom stereocenters. The molecule has 4 rings (SSSR count).